The molecule has 102 valence electrons. The van der Waals surface area contributed by atoms with Crippen LogP contribution in [0.5, 0.6) is 11.6 Å². The van der Waals surface area contributed by atoms with Gasteiger partial charge in [-0.1, -0.05) is 41.9 Å². The van der Waals surface area contributed by atoms with Crippen LogP contribution in [-0.2, 0) is 6.42 Å². The van der Waals surface area contributed by atoms with Gasteiger partial charge in [-0.15, -0.1) is 10.2 Å². The van der Waals surface area contributed by atoms with Crippen LogP contribution in [-0.4, -0.2) is 10.2 Å². The van der Waals surface area contributed by atoms with Crippen molar-refractivity contribution < 1.29 is 4.74 Å². The van der Waals surface area contributed by atoms with Crippen LogP contribution < -0.4 is 4.74 Å². The van der Waals surface area contributed by atoms with Crippen LogP contribution in [0.1, 0.15) is 5.56 Å². The molecule has 0 aliphatic rings. The van der Waals surface area contributed by atoms with Gasteiger partial charge in [0.1, 0.15) is 5.75 Å². The molecular formula is C16H10ClN3O. The summed E-state index contributed by atoms with van der Waals surface area (Å²) in [7, 11) is 0. The molecule has 0 fully saturated rings. The molecule has 0 aliphatic heterocycles. The van der Waals surface area contributed by atoms with Crippen molar-refractivity contribution in [3.8, 4) is 17.7 Å². The molecule has 1 aromatic heterocycles. The fraction of sp³-hybridized carbons (Fsp3) is 0.0625. The van der Waals surface area contributed by atoms with Crippen molar-refractivity contribution in [3.05, 3.63) is 59.2 Å². The molecule has 0 radical (unpaired) electrons. The van der Waals surface area contributed by atoms with Gasteiger partial charge in [0.15, 0.2) is 5.15 Å². The predicted octanol–water partition coefficient (Wildman–Crippen LogP) is 4.14. The van der Waals surface area contributed by atoms with E-state index < -0.39 is 0 Å². The molecule has 0 aliphatic carbocycles. The van der Waals surface area contributed by atoms with E-state index in [0.29, 0.717) is 23.2 Å². The summed E-state index contributed by atoms with van der Waals surface area (Å²) in [6.45, 7) is 0. The van der Waals surface area contributed by atoms with Crippen molar-refractivity contribution in [2.24, 2.45) is 0 Å². The summed E-state index contributed by atoms with van der Waals surface area (Å²) in [6.07, 6.45) is 0.379. The summed E-state index contributed by atoms with van der Waals surface area (Å²) in [5.74, 6) is 1.04. The highest BCUT2D eigenvalue weighted by atomic mass is 35.5. The lowest BCUT2D eigenvalue weighted by molar-refractivity contribution is 0.462. The minimum absolute atomic E-state index is 0.349. The average Bonchev–Trinajstić information content (AvgIpc) is 2.52. The largest absolute Gasteiger partial charge is 0.437 e. The first-order chi connectivity index (χ1) is 10.3. The number of rotatable bonds is 3. The Morgan fingerprint density at radius 2 is 1.71 bits per heavy atom. The maximum atomic E-state index is 8.66. The summed E-state index contributed by atoms with van der Waals surface area (Å²) in [5, 5.41) is 18.5. The maximum Gasteiger partial charge on any atom is 0.246 e. The summed E-state index contributed by atoms with van der Waals surface area (Å²) in [4.78, 5) is 0. The Balaban J connectivity index is 1.95. The van der Waals surface area contributed by atoms with Gasteiger partial charge in [-0.25, -0.2) is 0 Å². The SMILES string of the molecule is N#CCc1ccc(Oc2nnc(Cl)c3ccccc23)cc1. The molecule has 0 bridgehead atoms. The summed E-state index contributed by atoms with van der Waals surface area (Å²) < 4.78 is 5.76. The minimum atomic E-state index is 0.349. The molecular weight excluding hydrogens is 286 g/mol. The molecule has 0 N–H and O–H groups in total. The third-order valence-electron chi connectivity index (χ3n) is 3.03. The van der Waals surface area contributed by atoms with Gasteiger partial charge in [-0.05, 0) is 23.8 Å². The molecule has 3 aromatic rings. The predicted molar refractivity (Wildman–Crippen MR) is 80.4 cm³/mol. The van der Waals surface area contributed by atoms with E-state index in [1.165, 1.54) is 0 Å². The van der Waals surface area contributed by atoms with Crippen LogP contribution in [0.4, 0.5) is 0 Å². The van der Waals surface area contributed by atoms with E-state index in [9.17, 15) is 0 Å². The van der Waals surface area contributed by atoms with E-state index in [2.05, 4.69) is 16.3 Å². The number of benzene rings is 2. The molecule has 1 heterocycles. The molecule has 4 nitrogen and oxygen atoms in total. The third-order valence-corrected chi connectivity index (χ3v) is 3.31. The molecule has 2 aromatic carbocycles. The van der Waals surface area contributed by atoms with Gasteiger partial charge in [0.2, 0.25) is 5.88 Å². The highest BCUT2D eigenvalue weighted by Gasteiger charge is 2.09. The number of nitrogens with zero attached hydrogens (tertiary/aromatic N) is 3. The highest BCUT2D eigenvalue weighted by Crippen LogP contribution is 2.30. The molecule has 0 spiro atoms. The van der Waals surface area contributed by atoms with Crippen LogP contribution in [0.15, 0.2) is 48.5 Å². The monoisotopic (exact) mass is 295 g/mol. The van der Waals surface area contributed by atoms with E-state index in [0.717, 1.165) is 16.3 Å². The topological polar surface area (TPSA) is 58.8 Å². The Morgan fingerprint density at radius 3 is 2.43 bits per heavy atom. The zero-order valence-corrected chi connectivity index (χ0v) is 11.7. The Labute approximate surface area is 126 Å². The lowest BCUT2D eigenvalue weighted by Crippen LogP contribution is -1.93. The first kappa shape index (κ1) is 13.3. The Hall–Kier alpha value is -2.64. The standard InChI is InChI=1S/C16H10ClN3O/c17-15-13-3-1-2-4-14(13)16(20-19-15)21-12-7-5-11(6-8-12)9-10-18/h1-8H,9H2. The average molecular weight is 296 g/mol. The Kier molecular flexibility index (Phi) is 3.67. The smallest absolute Gasteiger partial charge is 0.246 e. The molecule has 3 rings (SSSR count). The van der Waals surface area contributed by atoms with E-state index in [-0.39, 0.29) is 0 Å². The molecule has 5 heteroatoms. The normalized spacial score (nSPS) is 10.3. The van der Waals surface area contributed by atoms with E-state index in [4.69, 9.17) is 21.6 Å². The minimum Gasteiger partial charge on any atom is -0.437 e. The van der Waals surface area contributed by atoms with Crippen molar-refractivity contribution in [1.82, 2.24) is 10.2 Å². The van der Waals surface area contributed by atoms with E-state index >= 15 is 0 Å². The first-order valence-electron chi connectivity index (χ1n) is 6.32. The zero-order valence-electron chi connectivity index (χ0n) is 11.0. The maximum absolute atomic E-state index is 8.66. The Bertz CT molecular complexity index is 825. The first-order valence-corrected chi connectivity index (χ1v) is 6.70. The fourth-order valence-electron chi connectivity index (χ4n) is 2.00. The molecule has 0 amide bonds. The lowest BCUT2D eigenvalue weighted by Gasteiger charge is -2.08. The fourth-order valence-corrected chi connectivity index (χ4v) is 2.20. The van der Waals surface area contributed by atoms with Crippen LogP contribution >= 0.6 is 11.6 Å². The van der Waals surface area contributed by atoms with Gasteiger partial charge in [0.05, 0.1) is 12.5 Å². The number of aromatic nitrogens is 2. The number of fused-ring (bicyclic) bond motifs is 1. The van der Waals surface area contributed by atoms with Crippen molar-refractivity contribution >= 4 is 22.4 Å². The van der Waals surface area contributed by atoms with Crippen molar-refractivity contribution in [3.63, 3.8) is 0 Å². The number of nitriles is 1. The van der Waals surface area contributed by atoms with E-state index in [1.54, 1.807) is 12.1 Å². The second-order valence-electron chi connectivity index (χ2n) is 4.42. The van der Waals surface area contributed by atoms with Crippen molar-refractivity contribution in [2.45, 2.75) is 6.42 Å². The van der Waals surface area contributed by atoms with Gasteiger partial charge in [-0.2, -0.15) is 5.26 Å². The summed E-state index contributed by atoms with van der Waals surface area (Å²) >= 11 is 6.03. The summed E-state index contributed by atoms with van der Waals surface area (Å²) in [6, 6.07) is 16.9. The Morgan fingerprint density at radius 1 is 1.00 bits per heavy atom. The van der Waals surface area contributed by atoms with Gasteiger partial charge in [0, 0.05) is 10.8 Å². The lowest BCUT2D eigenvalue weighted by atomic mass is 10.1. The molecule has 0 saturated carbocycles. The van der Waals surface area contributed by atoms with Gasteiger partial charge < -0.3 is 4.74 Å². The zero-order chi connectivity index (χ0) is 14.7. The van der Waals surface area contributed by atoms with Crippen molar-refractivity contribution in [2.75, 3.05) is 0 Å². The molecule has 0 atom stereocenters. The van der Waals surface area contributed by atoms with Gasteiger partial charge in [0.25, 0.3) is 0 Å². The van der Waals surface area contributed by atoms with Crippen molar-refractivity contribution in [1.29, 1.82) is 5.26 Å². The number of halogens is 1. The van der Waals surface area contributed by atoms with Gasteiger partial charge in [-0.3, -0.25) is 0 Å². The summed E-state index contributed by atoms with van der Waals surface area (Å²) in [5.41, 5.74) is 0.942. The third kappa shape index (κ3) is 2.78. The second kappa shape index (κ2) is 5.78. The van der Waals surface area contributed by atoms with E-state index in [1.807, 2.05) is 36.4 Å². The van der Waals surface area contributed by atoms with Crippen LogP contribution in [0.25, 0.3) is 10.8 Å². The van der Waals surface area contributed by atoms with Crippen LogP contribution in [0.2, 0.25) is 5.15 Å². The quantitative estimate of drug-likeness (QED) is 0.728. The second-order valence-corrected chi connectivity index (χ2v) is 4.78. The molecule has 21 heavy (non-hydrogen) atoms. The number of ether oxygens (including phenoxy) is 1. The number of hydrogen-bond donors (Lipinski definition) is 0. The molecule has 0 unspecified atom stereocenters. The van der Waals surface area contributed by atoms with Crippen LogP contribution in [0, 0.1) is 11.3 Å². The number of hydrogen-bond acceptors (Lipinski definition) is 4. The van der Waals surface area contributed by atoms with Crippen LogP contribution in [0.3, 0.4) is 0 Å². The highest BCUT2D eigenvalue weighted by molar-refractivity contribution is 6.34. The van der Waals surface area contributed by atoms with Gasteiger partial charge >= 0.3 is 0 Å². The molecule has 0 saturated heterocycles.